The number of nitrogens with one attached hydrogen (secondary N) is 1. The lowest BCUT2D eigenvalue weighted by atomic mass is 10.1. The summed E-state index contributed by atoms with van der Waals surface area (Å²) in [5.41, 5.74) is 1.62. The Bertz CT molecular complexity index is 626. The lowest BCUT2D eigenvalue weighted by molar-refractivity contribution is -0.143. The number of hydrogen-bond donors (Lipinski definition) is 1. The molecule has 130 valence electrons. The summed E-state index contributed by atoms with van der Waals surface area (Å²) >= 11 is 0. The summed E-state index contributed by atoms with van der Waals surface area (Å²) < 4.78 is 36.6. The zero-order valence-corrected chi connectivity index (χ0v) is 13.3. The summed E-state index contributed by atoms with van der Waals surface area (Å²) in [6.07, 6.45) is -2.08. The minimum absolute atomic E-state index is 0.360. The molecule has 1 aliphatic rings. The molecule has 0 radical (unpaired) electrons. The fourth-order valence-corrected chi connectivity index (χ4v) is 2.66. The van der Waals surface area contributed by atoms with Crippen LogP contribution in [0.3, 0.4) is 0 Å². The Morgan fingerprint density at radius 1 is 1.29 bits per heavy atom. The van der Waals surface area contributed by atoms with Crippen LogP contribution in [0.1, 0.15) is 25.3 Å². The largest absolute Gasteiger partial charge is 0.405 e. The average Bonchev–Trinajstić information content (AvgIpc) is 3.02. The second kappa shape index (κ2) is 7.51. The normalized spacial score (nSPS) is 18.6. The van der Waals surface area contributed by atoms with Gasteiger partial charge in [-0.1, -0.05) is 30.3 Å². The molecule has 0 aliphatic carbocycles. The third kappa shape index (κ3) is 4.84. The van der Waals surface area contributed by atoms with E-state index in [0.29, 0.717) is 19.4 Å². The standard InChI is InChI=1S/C17H19F3N2O2/c1-12(13-6-3-2-4-7-13)10-15(23)22-9-5-8-14(22)16(24)21-11-17(18,19)20/h2-4,6-7,10,14H,5,8-9,11H2,1H3,(H,21,24)/b12-10+/t14-/m1/s1. The monoisotopic (exact) mass is 340 g/mol. The fraction of sp³-hybridized carbons (Fsp3) is 0.412. The van der Waals surface area contributed by atoms with Gasteiger partial charge in [-0.2, -0.15) is 13.2 Å². The molecular formula is C17H19F3N2O2. The van der Waals surface area contributed by atoms with Gasteiger partial charge in [0.15, 0.2) is 0 Å². The van der Waals surface area contributed by atoms with Gasteiger partial charge >= 0.3 is 6.18 Å². The number of rotatable bonds is 4. The summed E-state index contributed by atoms with van der Waals surface area (Å²) in [6.45, 7) is 0.757. The van der Waals surface area contributed by atoms with Crippen molar-refractivity contribution in [2.24, 2.45) is 0 Å². The molecule has 1 fully saturated rings. The molecule has 7 heteroatoms. The topological polar surface area (TPSA) is 49.4 Å². The lowest BCUT2D eigenvalue weighted by Gasteiger charge is -2.23. The van der Waals surface area contributed by atoms with Crippen LogP contribution < -0.4 is 5.32 Å². The number of alkyl halides is 3. The third-order valence-corrected chi connectivity index (χ3v) is 3.87. The van der Waals surface area contributed by atoms with E-state index >= 15 is 0 Å². The molecule has 1 aromatic rings. The number of hydrogen-bond acceptors (Lipinski definition) is 2. The maximum atomic E-state index is 12.4. The fourth-order valence-electron chi connectivity index (χ4n) is 2.66. The van der Waals surface area contributed by atoms with Crippen LogP contribution in [0.4, 0.5) is 13.2 Å². The highest BCUT2D eigenvalue weighted by Gasteiger charge is 2.35. The highest BCUT2D eigenvalue weighted by atomic mass is 19.4. The van der Waals surface area contributed by atoms with Gasteiger partial charge in [0.25, 0.3) is 0 Å². The second-order valence-corrected chi connectivity index (χ2v) is 5.72. The quantitative estimate of drug-likeness (QED) is 0.857. The molecule has 0 aromatic heterocycles. The van der Waals surface area contributed by atoms with Crippen LogP contribution in [-0.2, 0) is 9.59 Å². The molecule has 24 heavy (non-hydrogen) atoms. The zero-order valence-electron chi connectivity index (χ0n) is 13.3. The van der Waals surface area contributed by atoms with E-state index in [-0.39, 0.29) is 5.91 Å². The molecule has 1 aliphatic heterocycles. The van der Waals surface area contributed by atoms with Crippen molar-refractivity contribution in [3.63, 3.8) is 0 Å². The Morgan fingerprint density at radius 2 is 1.96 bits per heavy atom. The van der Waals surface area contributed by atoms with E-state index in [1.165, 1.54) is 11.0 Å². The Balaban J connectivity index is 2.04. The van der Waals surface area contributed by atoms with E-state index in [0.717, 1.165) is 11.1 Å². The number of carbonyl (C=O) groups excluding carboxylic acids is 2. The zero-order chi connectivity index (χ0) is 17.7. The maximum absolute atomic E-state index is 12.4. The number of benzene rings is 1. The van der Waals surface area contributed by atoms with Gasteiger partial charge in [-0.25, -0.2) is 0 Å². The SMILES string of the molecule is C/C(=C\C(=O)N1CCC[C@@H]1C(=O)NCC(F)(F)F)c1ccccc1. The summed E-state index contributed by atoms with van der Waals surface area (Å²) in [6, 6.07) is 8.42. The van der Waals surface area contributed by atoms with Crippen LogP contribution in [0.5, 0.6) is 0 Å². The van der Waals surface area contributed by atoms with E-state index in [1.807, 2.05) is 35.6 Å². The molecule has 1 heterocycles. The second-order valence-electron chi connectivity index (χ2n) is 5.72. The van der Waals surface area contributed by atoms with Crippen molar-refractivity contribution in [1.29, 1.82) is 0 Å². The number of nitrogens with zero attached hydrogens (tertiary/aromatic N) is 1. The van der Waals surface area contributed by atoms with E-state index in [4.69, 9.17) is 0 Å². The molecule has 1 atom stereocenters. The van der Waals surface area contributed by atoms with Crippen LogP contribution in [0.25, 0.3) is 5.57 Å². The number of allylic oxidation sites excluding steroid dienone is 1. The van der Waals surface area contributed by atoms with Crippen molar-refractivity contribution in [3.8, 4) is 0 Å². The smallest absolute Gasteiger partial charge is 0.345 e. The lowest BCUT2D eigenvalue weighted by Crippen LogP contribution is -2.47. The molecule has 0 saturated carbocycles. The van der Waals surface area contributed by atoms with E-state index in [1.54, 1.807) is 6.92 Å². The number of carbonyl (C=O) groups is 2. The summed E-state index contributed by atoms with van der Waals surface area (Å²) in [5.74, 6) is -1.12. The van der Waals surface area contributed by atoms with Gasteiger partial charge in [0, 0.05) is 12.6 Å². The first-order valence-electron chi connectivity index (χ1n) is 7.67. The molecule has 0 bridgehead atoms. The summed E-state index contributed by atoms with van der Waals surface area (Å²) in [4.78, 5) is 25.7. The third-order valence-electron chi connectivity index (χ3n) is 3.87. The molecule has 0 unspecified atom stereocenters. The van der Waals surface area contributed by atoms with Crippen LogP contribution in [0.2, 0.25) is 0 Å². The van der Waals surface area contributed by atoms with E-state index in [9.17, 15) is 22.8 Å². The molecular weight excluding hydrogens is 321 g/mol. The molecule has 1 N–H and O–H groups in total. The van der Waals surface area contributed by atoms with Crippen molar-refractivity contribution in [1.82, 2.24) is 10.2 Å². The van der Waals surface area contributed by atoms with Crippen LogP contribution >= 0.6 is 0 Å². The Labute approximate surface area is 138 Å². The van der Waals surface area contributed by atoms with E-state index < -0.39 is 24.7 Å². The Morgan fingerprint density at radius 3 is 2.58 bits per heavy atom. The van der Waals surface area contributed by atoms with Crippen LogP contribution in [0.15, 0.2) is 36.4 Å². The highest BCUT2D eigenvalue weighted by molar-refractivity contribution is 5.98. The molecule has 1 aromatic carbocycles. The van der Waals surface area contributed by atoms with Gasteiger partial charge in [-0.15, -0.1) is 0 Å². The molecule has 2 amide bonds. The van der Waals surface area contributed by atoms with Gasteiger partial charge in [0.1, 0.15) is 12.6 Å². The minimum Gasteiger partial charge on any atom is -0.345 e. The summed E-state index contributed by atoms with van der Waals surface area (Å²) in [5, 5.41) is 1.86. The maximum Gasteiger partial charge on any atom is 0.405 e. The predicted molar refractivity (Wildman–Crippen MR) is 83.9 cm³/mol. The van der Waals surface area contributed by atoms with Crippen molar-refractivity contribution in [2.45, 2.75) is 32.0 Å². The first-order valence-corrected chi connectivity index (χ1v) is 7.67. The minimum atomic E-state index is -4.47. The Hall–Kier alpha value is -2.31. The van der Waals surface area contributed by atoms with Gasteiger partial charge in [0.05, 0.1) is 0 Å². The van der Waals surface area contributed by atoms with Gasteiger partial charge in [-0.3, -0.25) is 9.59 Å². The molecule has 0 spiro atoms. The highest BCUT2D eigenvalue weighted by Crippen LogP contribution is 2.21. The molecule has 4 nitrogen and oxygen atoms in total. The first kappa shape index (κ1) is 18.0. The van der Waals surface area contributed by atoms with Crippen molar-refractivity contribution >= 4 is 17.4 Å². The van der Waals surface area contributed by atoms with Crippen molar-refractivity contribution in [2.75, 3.05) is 13.1 Å². The van der Waals surface area contributed by atoms with Gasteiger partial charge in [-0.05, 0) is 30.9 Å². The van der Waals surface area contributed by atoms with Gasteiger partial charge < -0.3 is 10.2 Å². The molecule has 2 rings (SSSR count). The number of amides is 2. The number of halogens is 3. The number of likely N-dealkylation sites (tertiary alicyclic amines) is 1. The van der Waals surface area contributed by atoms with E-state index in [2.05, 4.69) is 0 Å². The van der Waals surface area contributed by atoms with Crippen molar-refractivity contribution in [3.05, 3.63) is 42.0 Å². The Kier molecular flexibility index (Phi) is 5.64. The first-order chi connectivity index (χ1) is 11.3. The predicted octanol–water partition coefficient (Wildman–Crippen LogP) is 2.76. The summed E-state index contributed by atoms with van der Waals surface area (Å²) in [7, 11) is 0. The van der Waals surface area contributed by atoms with Crippen LogP contribution in [0, 0.1) is 0 Å². The van der Waals surface area contributed by atoms with Crippen LogP contribution in [-0.4, -0.2) is 42.0 Å². The molecule has 1 saturated heterocycles. The van der Waals surface area contributed by atoms with Crippen molar-refractivity contribution < 1.29 is 22.8 Å². The average molecular weight is 340 g/mol. The van der Waals surface area contributed by atoms with Gasteiger partial charge in [0.2, 0.25) is 11.8 Å².